The standard InChI is InChI=1S/C8H11IO2/c9-7-5-3-1-2-4-6-8(10)11/h1-3,5,7H2,(H,10,11). The molecule has 0 saturated heterocycles. The number of rotatable bonds is 4. The first-order chi connectivity index (χ1) is 5.27. The Labute approximate surface area is 80.5 Å². The summed E-state index contributed by atoms with van der Waals surface area (Å²) in [6.07, 6.45) is 4.08. The van der Waals surface area contributed by atoms with Crippen molar-refractivity contribution in [3.8, 4) is 11.8 Å². The van der Waals surface area contributed by atoms with Gasteiger partial charge in [-0.25, -0.2) is 4.79 Å². The van der Waals surface area contributed by atoms with Crippen molar-refractivity contribution in [3.05, 3.63) is 0 Å². The van der Waals surface area contributed by atoms with Crippen LogP contribution < -0.4 is 0 Å². The van der Waals surface area contributed by atoms with Gasteiger partial charge in [-0.15, -0.1) is 0 Å². The zero-order valence-corrected chi connectivity index (χ0v) is 8.43. The Morgan fingerprint density at radius 2 is 2.09 bits per heavy atom. The SMILES string of the molecule is O=C(O)C#CCCCCCI. The van der Waals surface area contributed by atoms with Crippen LogP contribution in [0.2, 0.25) is 0 Å². The maximum Gasteiger partial charge on any atom is 0.381 e. The van der Waals surface area contributed by atoms with E-state index in [1.165, 1.54) is 10.8 Å². The molecule has 11 heavy (non-hydrogen) atoms. The van der Waals surface area contributed by atoms with Gasteiger partial charge in [-0.3, -0.25) is 0 Å². The van der Waals surface area contributed by atoms with Crippen molar-refractivity contribution in [1.29, 1.82) is 0 Å². The Bertz CT molecular complexity index is 167. The number of carbonyl (C=O) groups is 1. The molecule has 0 amide bonds. The lowest BCUT2D eigenvalue weighted by molar-refractivity contribution is -0.130. The Kier molecular flexibility index (Phi) is 7.69. The van der Waals surface area contributed by atoms with Crippen LogP contribution in [0.5, 0.6) is 0 Å². The second kappa shape index (κ2) is 7.86. The second-order valence-electron chi connectivity index (χ2n) is 2.11. The molecule has 62 valence electrons. The van der Waals surface area contributed by atoms with Crippen LogP contribution in [0.25, 0.3) is 0 Å². The number of aliphatic carboxylic acids is 1. The van der Waals surface area contributed by atoms with Crippen LogP contribution in [0.1, 0.15) is 25.7 Å². The molecule has 0 rings (SSSR count). The van der Waals surface area contributed by atoms with Gasteiger partial charge >= 0.3 is 5.97 Å². The molecule has 0 aromatic heterocycles. The monoisotopic (exact) mass is 266 g/mol. The Balaban J connectivity index is 3.15. The summed E-state index contributed by atoms with van der Waals surface area (Å²) < 4.78 is 1.17. The lowest BCUT2D eigenvalue weighted by Crippen LogP contribution is -1.86. The third-order valence-corrected chi connectivity index (χ3v) is 1.89. The van der Waals surface area contributed by atoms with Crippen LogP contribution in [0.4, 0.5) is 0 Å². The van der Waals surface area contributed by atoms with Crippen molar-refractivity contribution < 1.29 is 9.90 Å². The third-order valence-electron chi connectivity index (χ3n) is 1.13. The quantitative estimate of drug-likeness (QED) is 0.366. The number of carboxylic acids is 1. The van der Waals surface area contributed by atoms with E-state index in [0.29, 0.717) is 6.42 Å². The van der Waals surface area contributed by atoms with E-state index < -0.39 is 5.97 Å². The predicted molar refractivity (Wildman–Crippen MR) is 52.8 cm³/mol. The van der Waals surface area contributed by atoms with Crippen LogP contribution in [-0.4, -0.2) is 15.5 Å². The van der Waals surface area contributed by atoms with Crippen molar-refractivity contribution in [2.45, 2.75) is 25.7 Å². The highest BCUT2D eigenvalue weighted by Gasteiger charge is 1.85. The normalized spacial score (nSPS) is 8.45. The molecule has 2 nitrogen and oxygen atoms in total. The molecule has 0 fully saturated rings. The highest BCUT2D eigenvalue weighted by Crippen LogP contribution is 2.00. The van der Waals surface area contributed by atoms with Crippen LogP contribution in [0.15, 0.2) is 0 Å². The fourth-order valence-electron chi connectivity index (χ4n) is 0.623. The maximum absolute atomic E-state index is 9.91. The Morgan fingerprint density at radius 3 is 2.64 bits per heavy atom. The van der Waals surface area contributed by atoms with E-state index in [0.717, 1.165) is 12.8 Å². The predicted octanol–water partition coefficient (Wildman–Crippen LogP) is 2.07. The van der Waals surface area contributed by atoms with Crippen molar-refractivity contribution in [1.82, 2.24) is 0 Å². The topological polar surface area (TPSA) is 37.3 Å². The number of unbranched alkanes of at least 4 members (excludes halogenated alkanes) is 3. The molecule has 0 saturated carbocycles. The summed E-state index contributed by atoms with van der Waals surface area (Å²) in [5.74, 6) is 3.65. The zero-order valence-electron chi connectivity index (χ0n) is 6.27. The molecule has 0 aromatic carbocycles. The van der Waals surface area contributed by atoms with Gasteiger partial charge in [-0.1, -0.05) is 34.9 Å². The van der Waals surface area contributed by atoms with Gasteiger partial charge in [0.2, 0.25) is 0 Å². The summed E-state index contributed by atoms with van der Waals surface area (Å²) in [6.45, 7) is 0. The van der Waals surface area contributed by atoms with Gasteiger partial charge in [-0.05, 0) is 17.3 Å². The van der Waals surface area contributed by atoms with Gasteiger partial charge < -0.3 is 5.11 Å². The highest BCUT2D eigenvalue weighted by atomic mass is 127. The van der Waals surface area contributed by atoms with Gasteiger partial charge in [0.25, 0.3) is 0 Å². The molecule has 0 bridgehead atoms. The van der Waals surface area contributed by atoms with Crippen LogP contribution in [0.3, 0.4) is 0 Å². The van der Waals surface area contributed by atoms with Crippen molar-refractivity contribution in [2.75, 3.05) is 4.43 Å². The molecule has 0 aliphatic heterocycles. The van der Waals surface area contributed by atoms with E-state index in [2.05, 4.69) is 34.4 Å². The Hall–Kier alpha value is -0.240. The fourth-order valence-corrected chi connectivity index (χ4v) is 1.16. The summed E-state index contributed by atoms with van der Waals surface area (Å²) in [7, 11) is 0. The molecule has 0 heterocycles. The second-order valence-corrected chi connectivity index (χ2v) is 3.19. The highest BCUT2D eigenvalue weighted by molar-refractivity contribution is 14.1. The van der Waals surface area contributed by atoms with Gasteiger partial charge in [0.15, 0.2) is 0 Å². The number of hydrogen-bond donors (Lipinski definition) is 1. The molecule has 0 atom stereocenters. The first-order valence-electron chi connectivity index (χ1n) is 3.55. The van der Waals surface area contributed by atoms with Gasteiger partial charge in [-0.2, -0.15) is 0 Å². The van der Waals surface area contributed by atoms with E-state index in [4.69, 9.17) is 5.11 Å². The zero-order chi connectivity index (χ0) is 8.53. The lowest BCUT2D eigenvalue weighted by Gasteiger charge is -1.90. The number of alkyl halides is 1. The van der Waals surface area contributed by atoms with Crippen LogP contribution in [0, 0.1) is 11.8 Å². The minimum atomic E-state index is -1.03. The molecular formula is C8H11IO2. The van der Waals surface area contributed by atoms with E-state index in [-0.39, 0.29) is 0 Å². The average molecular weight is 266 g/mol. The van der Waals surface area contributed by atoms with E-state index in [1.807, 2.05) is 0 Å². The number of halogens is 1. The molecular weight excluding hydrogens is 255 g/mol. The summed E-state index contributed by atoms with van der Waals surface area (Å²) in [5, 5.41) is 8.14. The van der Waals surface area contributed by atoms with Crippen molar-refractivity contribution >= 4 is 28.6 Å². The molecule has 0 aliphatic rings. The molecule has 0 aromatic rings. The molecule has 3 heteroatoms. The molecule has 0 radical (unpaired) electrons. The minimum Gasteiger partial charge on any atom is -0.472 e. The summed E-state index contributed by atoms with van der Waals surface area (Å²) in [6, 6.07) is 0. The summed E-state index contributed by atoms with van der Waals surface area (Å²) in [4.78, 5) is 9.91. The number of hydrogen-bond acceptors (Lipinski definition) is 1. The maximum atomic E-state index is 9.91. The van der Waals surface area contributed by atoms with Gasteiger partial charge in [0.1, 0.15) is 0 Å². The van der Waals surface area contributed by atoms with E-state index >= 15 is 0 Å². The summed E-state index contributed by atoms with van der Waals surface area (Å²) in [5.41, 5.74) is 0. The van der Waals surface area contributed by atoms with Crippen LogP contribution >= 0.6 is 22.6 Å². The van der Waals surface area contributed by atoms with E-state index in [1.54, 1.807) is 0 Å². The Morgan fingerprint density at radius 1 is 1.36 bits per heavy atom. The minimum absolute atomic E-state index is 0.711. The fraction of sp³-hybridized carbons (Fsp3) is 0.625. The first kappa shape index (κ1) is 10.8. The lowest BCUT2D eigenvalue weighted by atomic mass is 10.2. The van der Waals surface area contributed by atoms with Crippen molar-refractivity contribution in [3.63, 3.8) is 0 Å². The summed E-state index contributed by atoms with van der Waals surface area (Å²) >= 11 is 2.33. The largest absolute Gasteiger partial charge is 0.472 e. The third kappa shape index (κ3) is 9.76. The van der Waals surface area contributed by atoms with Gasteiger partial charge in [0.05, 0.1) is 0 Å². The van der Waals surface area contributed by atoms with Crippen LogP contribution in [-0.2, 0) is 4.79 Å². The van der Waals surface area contributed by atoms with Gasteiger partial charge in [0, 0.05) is 12.3 Å². The molecule has 1 N–H and O–H groups in total. The molecule has 0 spiro atoms. The smallest absolute Gasteiger partial charge is 0.381 e. The number of carboxylic acid groups (broad SMARTS) is 1. The van der Waals surface area contributed by atoms with Crippen molar-refractivity contribution in [2.24, 2.45) is 0 Å². The molecule has 0 aliphatic carbocycles. The molecule has 0 unspecified atom stereocenters. The average Bonchev–Trinajstić information content (AvgIpc) is 1.96. The first-order valence-corrected chi connectivity index (χ1v) is 5.07. The van der Waals surface area contributed by atoms with E-state index in [9.17, 15) is 4.79 Å².